The van der Waals surface area contributed by atoms with Crippen molar-refractivity contribution in [2.24, 2.45) is 5.92 Å². The fraction of sp³-hybridized carbons (Fsp3) is 0.824. The molecule has 1 amide bonds. The number of carbonyl (C=O) groups excluding carboxylic acids is 1. The van der Waals surface area contributed by atoms with E-state index in [9.17, 15) is 4.79 Å². The van der Waals surface area contributed by atoms with Gasteiger partial charge in [-0.25, -0.2) is 0 Å². The molecule has 0 N–H and O–H groups in total. The van der Waals surface area contributed by atoms with Crippen molar-refractivity contribution in [3.63, 3.8) is 0 Å². The molecule has 2 nitrogen and oxygen atoms in total. The SMILES string of the molecule is CC(C)N1C(=O)CC2=C1CCCC1(C(C)C)[B]C(C2)C1. The van der Waals surface area contributed by atoms with Crippen LogP contribution in [0, 0.1) is 5.92 Å². The van der Waals surface area contributed by atoms with Crippen molar-refractivity contribution >= 4 is 13.2 Å². The Balaban J connectivity index is 1.81. The van der Waals surface area contributed by atoms with Gasteiger partial charge in [0, 0.05) is 11.7 Å². The van der Waals surface area contributed by atoms with Crippen molar-refractivity contribution < 1.29 is 4.79 Å². The number of hydrogen-bond acceptors (Lipinski definition) is 1. The number of hydrogen-bond donors (Lipinski definition) is 0. The summed E-state index contributed by atoms with van der Waals surface area (Å²) in [5.74, 6) is 1.81. The summed E-state index contributed by atoms with van der Waals surface area (Å²) in [5, 5.41) is 0.497. The second-order valence-corrected chi connectivity index (χ2v) is 7.66. The van der Waals surface area contributed by atoms with E-state index in [1.807, 2.05) is 0 Å². The zero-order chi connectivity index (χ0) is 14.5. The highest BCUT2D eigenvalue weighted by molar-refractivity contribution is 6.46. The molecule has 2 unspecified atom stereocenters. The molecule has 4 aliphatic rings. The molecule has 0 saturated carbocycles. The zero-order valence-electron chi connectivity index (χ0n) is 13.4. The van der Waals surface area contributed by atoms with E-state index in [0.29, 0.717) is 23.7 Å². The third-order valence-corrected chi connectivity index (χ3v) is 5.77. The van der Waals surface area contributed by atoms with E-state index >= 15 is 0 Å². The van der Waals surface area contributed by atoms with Crippen LogP contribution in [0.1, 0.15) is 66.2 Å². The Morgan fingerprint density at radius 1 is 1.30 bits per heavy atom. The highest BCUT2D eigenvalue weighted by atomic mass is 16.2. The van der Waals surface area contributed by atoms with Gasteiger partial charge in [0.25, 0.3) is 0 Å². The molecular formula is C17H27BNO. The molecule has 1 fully saturated rings. The van der Waals surface area contributed by atoms with Crippen LogP contribution >= 0.6 is 0 Å². The summed E-state index contributed by atoms with van der Waals surface area (Å²) in [5.41, 5.74) is 2.83. The number of rotatable bonds is 2. The highest BCUT2D eigenvalue weighted by Crippen LogP contribution is 2.60. The van der Waals surface area contributed by atoms with E-state index in [0.717, 1.165) is 24.6 Å². The quantitative estimate of drug-likeness (QED) is 0.691. The molecule has 2 bridgehead atoms. The van der Waals surface area contributed by atoms with E-state index < -0.39 is 0 Å². The van der Waals surface area contributed by atoms with Gasteiger partial charge in [-0.1, -0.05) is 37.8 Å². The van der Waals surface area contributed by atoms with Crippen LogP contribution in [0.25, 0.3) is 0 Å². The molecule has 3 heteroatoms. The number of carbonyl (C=O) groups is 1. The molecule has 1 aliphatic carbocycles. The molecule has 4 rings (SSSR count). The smallest absolute Gasteiger partial charge is 0.231 e. The van der Waals surface area contributed by atoms with Gasteiger partial charge in [0.1, 0.15) is 7.28 Å². The minimum absolute atomic E-state index is 0.314. The minimum Gasteiger partial charge on any atom is -0.313 e. The van der Waals surface area contributed by atoms with Gasteiger partial charge in [-0.3, -0.25) is 4.79 Å². The lowest BCUT2D eigenvalue weighted by molar-refractivity contribution is -0.128. The first-order valence-electron chi connectivity index (χ1n) is 8.32. The zero-order valence-corrected chi connectivity index (χ0v) is 13.4. The van der Waals surface area contributed by atoms with Crippen molar-refractivity contribution in [1.29, 1.82) is 0 Å². The van der Waals surface area contributed by atoms with E-state index in [1.165, 1.54) is 30.5 Å². The normalized spacial score (nSPS) is 33.6. The largest absolute Gasteiger partial charge is 0.313 e. The van der Waals surface area contributed by atoms with Gasteiger partial charge in [-0.05, 0) is 44.6 Å². The molecule has 2 atom stereocenters. The third kappa shape index (κ3) is 2.14. The summed E-state index contributed by atoms with van der Waals surface area (Å²) in [6.07, 6.45) is 6.81. The van der Waals surface area contributed by atoms with Gasteiger partial charge in [-0.2, -0.15) is 0 Å². The Bertz CT molecular complexity index is 446. The second kappa shape index (κ2) is 4.93. The molecule has 1 saturated heterocycles. The van der Waals surface area contributed by atoms with Gasteiger partial charge < -0.3 is 4.90 Å². The van der Waals surface area contributed by atoms with Crippen LogP contribution < -0.4 is 0 Å². The molecule has 0 spiro atoms. The summed E-state index contributed by atoms with van der Waals surface area (Å²) in [7, 11) is 2.62. The molecule has 0 aromatic carbocycles. The van der Waals surface area contributed by atoms with Gasteiger partial charge in [0.05, 0.1) is 6.42 Å². The molecule has 109 valence electrons. The van der Waals surface area contributed by atoms with Crippen LogP contribution in [0.4, 0.5) is 0 Å². The summed E-state index contributed by atoms with van der Waals surface area (Å²) >= 11 is 0. The summed E-state index contributed by atoms with van der Waals surface area (Å²) in [4.78, 5) is 14.3. The van der Waals surface area contributed by atoms with Gasteiger partial charge >= 0.3 is 0 Å². The van der Waals surface area contributed by atoms with Gasteiger partial charge in [0.2, 0.25) is 5.91 Å². The van der Waals surface area contributed by atoms with Crippen LogP contribution in [0.15, 0.2) is 11.3 Å². The van der Waals surface area contributed by atoms with Crippen LogP contribution in [-0.2, 0) is 4.79 Å². The maximum absolute atomic E-state index is 12.3. The van der Waals surface area contributed by atoms with Crippen LogP contribution in [-0.4, -0.2) is 24.1 Å². The van der Waals surface area contributed by atoms with E-state index in [2.05, 4.69) is 39.9 Å². The predicted molar refractivity (Wildman–Crippen MR) is 83.7 cm³/mol. The fourth-order valence-electron chi connectivity index (χ4n) is 4.64. The maximum atomic E-state index is 12.3. The van der Waals surface area contributed by atoms with Crippen LogP contribution in [0.2, 0.25) is 11.1 Å². The van der Waals surface area contributed by atoms with Crippen molar-refractivity contribution in [2.45, 2.75) is 83.4 Å². The van der Waals surface area contributed by atoms with Gasteiger partial charge in [-0.15, -0.1) is 0 Å². The van der Waals surface area contributed by atoms with E-state index in [1.54, 1.807) is 0 Å². The molecular weight excluding hydrogens is 245 g/mol. The van der Waals surface area contributed by atoms with Crippen molar-refractivity contribution in [1.82, 2.24) is 4.90 Å². The number of nitrogens with zero attached hydrogens (tertiary/aromatic N) is 1. The maximum Gasteiger partial charge on any atom is 0.231 e. The molecule has 0 aromatic heterocycles. The van der Waals surface area contributed by atoms with Crippen molar-refractivity contribution in [3.8, 4) is 0 Å². The fourth-order valence-corrected chi connectivity index (χ4v) is 4.64. The lowest BCUT2D eigenvalue weighted by Gasteiger charge is -2.51. The van der Waals surface area contributed by atoms with Crippen LogP contribution in [0.5, 0.6) is 0 Å². The number of fused-ring (bicyclic) bond motifs is 2. The van der Waals surface area contributed by atoms with E-state index in [-0.39, 0.29) is 0 Å². The lowest BCUT2D eigenvalue weighted by atomic mass is 9.27. The Morgan fingerprint density at radius 3 is 2.60 bits per heavy atom. The molecule has 20 heavy (non-hydrogen) atoms. The van der Waals surface area contributed by atoms with Crippen LogP contribution in [0.3, 0.4) is 0 Å². The van der Waals surface area contributed by atoms with Gasteiger partial charge in [0.15, 0.2) is 0 Å². The van der Waals surface area contributed by atoms with Crippen molar-refractivity contribution in [2.75, 3.05) is 0 Å². The van der Waals surface area contributed by atoms with Crippen molar-refractivity contribution in [3.05, 3.63) is 11.3 Å². The van der Waals surface area contributed by atoms with E-state index in [4.69, 9.17) is 0 Å². The second-order valence-electron chi connectivity index (χ2n) is 7.66. The Morgan fingerprint density at radius 2 is 2.00 bits per heavy atom. The summed E-state index contributed by atoms with van der Waals surface area (Å²) in [6.45, 7) is 9.02. The third-order valence-electron chi connectivity index (χ3n) is 5.77. The predicted octanol–water partition coefficient (Wildman–Crippen LogP) is 4.17. The molecule has 3 heterocycles. The molecule has 0 aromatic rings. The number of allylic oxidation sites excluding steroid dienone is 1. The summed E-state index contributed by atoms with van der Waals surface area (Å²) in [6, 6.07) is 0.314. The molecule has 3 aliphatic heterocycles. The first-order valence-corrected chi connectivity index (χ1v) is 8.32. The monoisotopic (exact) mass is 272 g/mol. The molecule has 1 radical (unpaired) electrons. The standard InChI is InChI=1S/C17H27BNO/c1-11(2)17-7-5-6-15-13(8-14(10-17)18-17)9-16(20)19(15)12(3)4/h11-12,14H,5-10H2,1-4H3. The lowest BCUT2D eigenvalue weighted by Crippen LogP contribution is -2.40. The average molecular weight is 272 g/mol. The topological polar surface area (TPSA) is 20.3 Å². The minimum atomic E-state index is 0.314. The first-order chi connectivity index (χ1) is 9.43. The Kier molecular flexibility index (Phi) is 3.50. The Labute approximate surface area is 124 Å². The summed E-state index contributed by atoms with van der Waals surface area (Å²) < 4.78 is 0. The highest BCUT2D eigenvalue weighted by Gasteiger charge is 2.48. The number of amides is 1. The first kappa shape index (κ1) is 14.2. The average Bonchev–Trinajstić information content (AvgIpc) is 2.65. The Hall–Kier alpha value is -0.725.